The van der Waals surface area contributed by atoms with E-state index in [-0.39, 0.29) is 20.1 Å². The van der Waals surface area contributed by atoms with Gasteiger partial charge in [-0.3, -0.25) is 4.90 Å². The molecule has 29 heavy (non-hydrogen) atoms. The van der Waals surface area contributed by atoms with Crippen molar-refractivity contribution < 1.29 is 36.0 Å². The van der Waals surface area contributed by atoms with E-state index in [1.807, 2.05) is 12.1 Å². The Bertz CT molecular complexity index is 795. The number of hydrogen-bond acceptors (Lipinski definition) is 4. The third-order valence-electron chi connectivity index (χ3n) is 4.68. The number of phenols is 1. The molecular weight excluding hydrogens is 471 g/mol. The van der Waals surface area contributed by atoms with Crippen LogP contribution in [0.15, 0.2) is 30.3 Å². The second kappa shape index (κ2) is 13.0. The molecule has 0 amide bonds. The Morgan fingerprint density at radius 3 is 2.38 bits per heavy atom. The summed E-state index contributed by atoms with van der Waals surface area (Å²) in [5.74, 6) is 0.895. The Morgan fingerprint density at radius 2 is 1.76 bits per heavy atom. The van der Waals surface area contributed by atoms with Gasteiger partial charge < -0.3 is 14.6 Å². The summed E-state index contributed by atoms with van der Waals surface area (Å²) in [5.41, 5.74) is 0.978. The molecule has 1 heterocycles. The van der Waals surface area contributed by atoms with Crippen LogP contribution in [0.4, 0.5) is 4.39 Å². The molecule has 1 fully saturated rings. The van der Waals surface area contributed by atoms with E-state index in [0.717, 1.165) is 35.8 Å². The molecule has 2 aromatic rings. The zero-order valence-corrected chi connectivity index (χ0v) is 20.5. The standard InChI is InChI=1S/C20H25FNO3P.2ClH.Ti/c1-24-16-11-17(25-2)20(23)19(12-16)26-18-7-6-15(21)10-14(18)13-22-8-4-3-5-9-22;;;/h6-7,10-12,23,26H,3-5,8-9,13H2,1-2H3;2*1H;/q;;;+2/p-2. The van der Waals surface area contributed by atoms with Gasteiger partial charge in [0.05, 0.1) is 14.2 Å². The number of phenolic OH excluding ortho intramolecular Hbond substituents is 1. The molecule has 1 N–H and O–H groups in total. The van der Waals surface area contributed by atoms with Crippen molar-refractivity contribution in [2.45, 2.75) is 25.8 Å². The van der Waals surface area contributed by atoms with Crippen LogP contribution in [0.1, 0.15) is 24.8 Å². The van der Waals surface area contributed by atoms with Crippen LogP contribution in [0.5, 0.6) is 17.2 Å². The minimum absolute atomic E-state index is 0.111. The van der Waals surface area contributed by atoms with Crippen molar-refractivity contribution in [3.63, 3.8) is 0 Å². The van der Waals surface area contributed by atoms with Gasteiger partial charge in [0.1, 0.15) is 11.6 Å². The molecule has 1 atom stereocenters. The van der Waals surface area contributed by atoms with E-state index in [9.17, 15) is 9.50 Å². The number of rotatable bonds is 6. The molecule has 1 unspecified atom stereocenters. The summed E-state index contributed by atoms with van der Waals surface area (Å²) < 4.78 is 24.4. The normalized spacial score (nSPS) is 14.4. The van der Waals surface area contributed by atoms with Gasteiger partial charge in [-0.15, -0.1) is 0 Å². The van der Waals surface area contributed by atoms with Crippen LogP contribution in [-0.4, -0.2) is 37.3 Å². The van der Waals surface area contributed by atoms with Crippen LogP contribution in [-0.2, 0) is 23.6 Å². The molecule has 4 nitrogen and oxygen atoms in total. The van der Waals surface area contributed by atoms with Gasteiger partial charge in [-0.1, -0.05) is 21.1 Å². The molecule has 0 aliphatic carbocycles. The van der Waals surface area contributed by atoms with E-state index in [2.05, 4.69) is 4.90 Å². The molecule has 0 spiro atoms. The molecule has 3 rings (SSSR count). The first-order valence-electron chi connectivity index (χ1n) is 9.21. The Morgan fingerprint density at radius 1 is 1.07 bits per heavy atom. The Balaban J connectivity index is 0.000000941. The van der Waals surface area contributed by atoms with Crippen molar-refractivity contribution in [1.82, 2.24) is 4.90 Å². The summed E-state index contributed by atoms with van der Waals surface area (Å²) in [6, 6.07) is 8.38. The van der Waals surface area contributed by atoms with Crippen LogP contribution < -0.4 is 20.1 Å². The SMILES string of the molecule is COc1cc(OC)c(O)c(Pc2ccc(F)cc2CN2CCCCC2)c1.[Cl][Ti][Cl]. The Hall–Kier alpha value is -0.546. The molecule has 9 heteroatoms. The first-order chi connectivity index (χ1) is 14.0. The molecule has 1 aliphatic heterocycles. The number of ether oxygens (including phenoxy) is 2. The van der Waals surface area contributed by atoms with Gasteiger partial charge in [0.25, 0.3) is 0 Å². The second-order valence-corrected chi connectivity index (χ2v) is 10.5. The van der Waals surface area contributed by atoms with Gasteiger partial charge in [0.2, 0.25) is 0 Å². The molecule has 1 saturated heterocycles. The van der Waals surface area contributed by atoms with Crippen molar-refractivity contribution in [2.75, 3.05) is 27.3 Å². The number of aromatic hydroxyl groups is 1. The Kier molecular flexibility index (Phi) is 11.1. The first-order valence-corrected chi connectivity index (χ1v) is 14.5. The zero-order valence-electron chi connectivity index (χ0n) is 16.5. The van der Waals surface area contributed by atoms with Crippen molar-refractivity contribution in [3.05, 3.63) is 41.7 Å². The minimum atomic E-state index is -0.556. The third kappa shape index (κ3) is 7.58. The van der Waals surface area contributed by atoms with Crippen LogP contribution in [0.3, 0.4) is 0 Å². The number of likely N-dealkylation sites (tertiary alicyclic amines) is 1. The zero-order chi connectivity index (χ0) is 21.2. The van der Waals surface area contributed by atoms with Crippen LogP contribution in [0, 0.1) is 5.82 Å². The van der Waals surface area contributed by atoms with Gasteiger partial charge in [-0.25, -0.2) is 4.39 Å². The first kappa shape index (κ1) is 24.7. The molecule has 0 radical (unpaired) electrons. The van der Waals surface area contributed by atoms with Gasteiger partial charge in [0.15, 0.2) is 11.5 Å². The van der Waals surface area contributed by atoms with Crippen molar-refractivity contribution in [2.24, 2.45) is 0 Å². The molecule has 1 aliphatic rings. The van der Waals surface area contributed by atoms with Crippen LogP contribution in [0.25, 0.3) is 0 Å². The van der Waals surface area contributed by atoms with Gasteiger partial charge in [-0.2, -0.15) is 0 Å². The van der Waals surface area contributed by atoms with Crippen molar-refractivity contribution in [3.8, 4) is 17.2 Å². The fourth-order valence-corrected chi connectivity index (χ4v) is 4.49. The third-order valence-corrected chi connectivity index (χ3v) is 6.09. The van der Waals surface area contributed by atoms with Gasteiger partial charge in [-0.05, 0) is 55.0 Å². The van der Waals surface area contributed by atoms with E-state index in [1.165, 1.54) is 32.4 Å². The maximum absolute atomic E-state index is 13.9. The van der Waals surface area contributed by atoms with E-state index in [0.29, 0.717) is 11.5 Å². The second-order valence-electron chi connectivity index (χ2n) is 6.56. The molecular formula is C20H25Cl2FNO3PTi. The summed E-state index contributed by atoms with van der Waals surface area (Å²) >= 11 is -0.556. The van der Waals surface area contributed by atoms with Crippen LogP contribution >= 0.6 is 27.2 Å². The average molecular weight is 496 g/mol. The predicted octanol–water partition coefficient (Wildman–Crippen LogP) is 4.54. The van der Waals surface area contributed by atoms with Crippen LogP contribution in [0.2, 0.25) is 0 Å². The maximum atomic E-state index is 13.9. The summed E-state index contributed by atoms with van der Waals surface area (Å²) in [4.78, 5) is 2.37. The monoisotopic (exact) mass is 495 g/mol. The van der Waals surface area contributed by atoms with E-state index < -0.39 is 17.0 Å². The molecule has 2 aromatic carbocycles. The Labute approximate surface area is 190 Å². The summed E-state index contributed by atoms with van der Waals surface area (Å²) in [6.07, 6.45) is 3.66. The number of hydrogen-bond donors (Lipinski definition) is 1. The van der Waals surface area contributed by atoms with Gasteiger partial charge >= 0.3 is 35.6 Å². The predicted molar refractivity (Wildman–Crippen MR) is 116 cm³/mol. The summed E-state index contributed by atoms with van der Waals surface area (Å²) in [7, 11) is 13.1. The summed E-state index contributed by atoms with van der Waals surface area (Å²) in [5, 5.41) is 12.2. The van der Waals surface area contributed by atoms with E-state index in [1.54, 1.807) is 19.2 Å². The quantitative estimate of drug-likeness (QED) is 0.472. The molecule has 158 valence electrons. The number of benzene rings is 2. The number of piperidine rings is 1. The van der Waals surface area contributed by atoms with Crippen molar-refractivity contribution >= 4 is 37.8 Å². The molecule has 0 bridgehead atoms. The topological polar surface area (TPSA) is 41.9 Å². The van der Waals surface area contributed by atoms with E-state index >= 15 is 0 Å². The van der Waals surface area contributed by atoms with Gasteiger partial charge in [0, 0.05) is 17.9 Å². The fourth-order valence-electron chi connectivity index (χ4n) is 3.27. The number of methoxy groups -OCH3 is 2. The number of halogens is 3. The van der Waals surface area contributed by atoms with E-state index in [4.69, 9.17) is 28.1 Å². The molecule has 0 aromatic heterocycles. The summed E-state index contributed by atoms with van der Waals surface area (Å²) in [6.45, 7) is 2.84. The molecule has 0 saturated carbocycles. The van der Waals surface area contributed by atoms with Crippen molar-refractivity contribution in [1.29, 1.82) is 0 Å². The number of nitrogens with zero attached hydrogens (tertiary/aromatic N) is 1. The fraction of sp³-hybridized carbons (Fsp3) is 0.400. The average Bonchev–Trinajstić information content (AvgIpc) is 2.72.